The van der Waals surface area contributed by atoms with Crippen molar-refractivity contribution in [2.75, 3.05) is 32.7 Å². The van der Waals surface area contributed by atoms with Gasteiger partial charge in [-0.05, 0) is 23.3 Å². The molecule has 2 N–H and O–H groups in total. The first-order valence-electron chi connectivity index (χ1n) is 8.21. The van der Waals surface area contributed by atoms with Gasteiger partial charge in [0.05, 0.1) is 6.54 Å². The Balaban J connectivity index is 1.66. The number of hydrogen-bond acceptors (Lipinski definition) is 3. The van der Waals surface area contributed by atoms with E-state index in [4.69, 9.17) is 5.73 Å². The van der Waals surface area contributed by atoms with Crippen molar-refractivity contribution in [3.8, 4) is 11.1 Å². The molecule has 2 aromatic carbocycles. The minimum atomic E-state index is -0.205. The average molecular weight is 327 g/mol. The topological polar surface area (TPSA) is 49.6 Å². The molecule has 1 aliphatic heterocycles. The van der Waals surface area contributed by atoms with Crippen molar-refractivity contribution in [3.63, 3.8) is 0 Å². The lowest BCUT2D eigenvalue weighted by molar-refractivity contribution is -0.131. The van der Waals surface area contributed by atoms with Crippen LogP contribution in [0.2, 0.25) is 0 Å². The Kier molecular flexibility index (Phi) is 5.23. The van der Waals surface area contributed by atoms with Crippen molar-refractivity contribution in [3.05, 3.63) is 59.9 Å². The lowest BCUT2D eigenvalue weighted by Crippen LogP contribution is -2.49. The third-order valence-electron chi connectivity index (χ3n) is 4.42. The van der Waals surface area contributed by atoms with Crippen LogP contribution in [0.15, 0.2) is 48.5 Å². The Hall–Kier alpha value is -2.24. The second kappa shape index (κ2) is 7.55. The minimum Gasteiger partial charge on any atom is -0.339 e. The molecule has 1 saturated heterocycles. The quantitative estimate of drug-likeness (QED) is 0.935. The summed E-state index contributed by atoms with van der Waals surface area (Å²) in [5.41, 5.74) is 8.07. The van der Waals surface area contributed by atoms with Gasteiger partial charge in [0, 0.05) is 38.3 Å². The van der Waals surface area contributed by atoms with Crippen LogP contribution in [-0.2, 0) is 11.3 Å². The van der Waals surface area contributed by atoms with Crippen LogP contribution in [0.1, 0.15) is 5.56 Å². The molecule has 3 rings (SSSR count). The summed E-state index contributed by atoms with van der Waals surface area (Å²) in [5, 5.41) is 0. The first kappa shape index (κ1) is 16.6. The van der Waals surface area contributed by atoms with Crippen LogP contribution >= 0.6 is 0 Å². The summed E-state index contributed by atoms with van der Waals surface area (Å²) in [4.78, 5) is 15.7. The van der Waals surface area contributed by atoms with Gasteiger partial charge in [-0.15, -0.1) is 0 Å². The summed E-state index contributed by atoms with van der Waals surface area (Å²) in [6, 6.07) is 14.8. The first-order valence-corrected chi connectivity index (χ1v) is 8.21. The lowest BCUT2D eigenvalue weighted by Gasteiger charge is -2.34. The number of halogens is 1. The van der Waals surface area contributed by atoms with E-state index in [-0.39, 0.29) is 18.3 Å². The fourth-order valence-electron chi connectivity index (χ4n) is 3.08. The van der Waals surface area contributed by atoms with Crippen molar-refractivity contribution < 1.29 is 9.18 Å². The number of rotatable bonds is 4. The summed E-state index contributed by atoms with van der Waals surface area (Å²) in [5.74, 6) is -0.195. The largest absolute Gasteiger partial charge is 0.339 e. The highest BCUT2D eigenvalue weighted by molar-refractivity contribution is 5.78. The summed E-state index contributed by atoms with van der Waals surface area (Å²) in [6.45, 7) is 3.95. The number of carbonyl (C=O) groups excluding carboxylic acids is 1. The molecule has 5 heteroatoms. The SMILES string of the molecule is NCC(=O)N1CCN(Cc2cccc(-c3ccccc3F)c2)CC1. The zero-order chi connectivity index (χ0) is 16.9. The molecule has 24 heavy (non-hydrogen) atoms. The number of piperazine rings is 1. The van der Waals surface area contributed by atoms with E-state index in [9.17, 15) is 9.18 Å². The zero-order valence-corrected chi connectivity index (χ0v) is 13.6. The van der Waals surface area contributed by atoms with Crippen LogP contribution in [0, 0.1) is 5.82 Å². The van der Waals surface area contributed by atoms with Gasteiger partial charge < -0.3 is 10.6 Å². The third kappa shape index (κ3) is 3.80. The fraction of sp³-hybridized carbons (Fsp3) is 0.316. The Morgan fingerprint density at radius 2 is 1.79 bits per heavy atom. The number of amides is 1. The van der Waals surface area contributed by atoms with Gasteiger partial charge in [0.1, 0.15) is 5.82 Å². The molecule has 1 aliphatic rings. The van der Waals surface area contributed by atoms with Crippen LogP contribution in [0.5, 0.6) is 0 Å². The molecule has 0 bridgehead atoms. The highest BCUT2D eigenvalue weighted by Gasteiger charge is 2.20. The molecule has 0 aromatic heterocycles. The normalized spacial score (nSPS) is 15.5. The van der Waals surface area contributed by atoms with E-state index in [1.807, 2.05) is 29.2 Å². The molecular weight excluding hydrogens is 305 g/mol. The first-order chi connectivity index (χ1) is 11.7. The Labute approximate surface area is 141 Å². The van der Waals surface area contributed by atoms with E-state index in [1.54, 1.807) is 12.1 Å². The van der Waals surface area contributed by atoms with Crippen LogP contribution in [0.4, 0.5) is 4.39 Å². The number of nitrogens with zero attached hydrogens (tertiary/aromatic N) is 2. The predicted molar refractivity (Wildman–Crippen MR) is 92.7 cm³/mol. The van der Waals surface area contributed by atoms with Crippen LogP contribution in [-0.4, -0.2) is 48.4 Å². The second-order valence-corrected chi connectivity index (χ2v) is 6.04. The molecule has 0 atom stereocenters. The van der Waals surface area contributed by atoms with Crippen LogP contribution in [0.3, 0.4) is 0 Å². The monoisotopic (exact) mass is 327 g/mol. The van der Waals surface area contributed by atoms with Crippen LogP contribution in [0.25, 0.3) is 11.1 Å². The molecule has 0 saturated carbocycles. The second-order valence-electron chi connectivity index (χ2n) is 6.04. The Morgan fingerprint density at radius 3 is 2.50 bits per heavy atom. The number of hydrogen-bond donors (Lipinski definition) is 1. The minimum absolute atomic E-state index is 0.0104. The average Bonchev–Trinajstić information content (AvgIpc) is 2.62. The summed E-state index contributed by atoms with van der Waals surface area (Å²) >= 11 is 0. The maximum absolute atomic E-state index is 14.0. The van der Waals surface area contributed by atoms with Crippen molar-refractivity contribution in [2.24, 2.45) is 5.73 Å². The van der Waals surface area contributed by atoms with Gasteiger partial charge in [0.2, 0.25) is 5.91 Å². The van der Waals surface area contributed by atoms with Crippen LogP contribution < -0.4 is 5.73 Å². The molecule has 1 fully saturated rings. The standard InChI is InChI=1S/C19H22FN3O/c20-18-7-2-1-6-17(18)16-5-3-4-15(12-16)14-22-8-10-23(11-9-22)19(24)13-21/h1-7,12H,8-11,13-14,21H2. The smallest absolute Gasteiger partial charge is 0.236 e. The van der Waals surface area contributed by atoms with Gasteiger partial charge in [-0.3, -0.25) is 9.69 Å². The molecule has 126 valence electrons. The Bertz CT molecular complexity index is 711. The molecule has 0 aliphatic carbocycles. The molecule has 4 nitrogen and oxygen atoms in total. The molecule has 1 heterocycles. The van der Waals surface area contributed by atoms with Gasteiger partial charge in [0.15, 0.2) is 0 Å². The fourth-order valence-corrected chi connectivity index (χ4v) is 3.08. The number of benzene rings is 2. The van der Waals surface area contributed by atoms with Gasteiger partial charge in [-0.1, -0.05) is 36.4 Å². The highest BCUT2D eigenvalue weighted by Crippen LogP contribution is 2.24. The highest BCUT2D eigenvalue weighted by atomic mass is 19.1. The molecule has 0 unspecified atom stereocenters. The summed E-state index contributed by atoms with van der Waals surface area (Å²) < 4.78 is 14.0. The number of carbonyl (C=O) groups is 1. The van der Waals surface area contributed by atoms with Crippen molar-refractivity contribution in [1.29, 1.82) is 0 Å². The van der Waals surface area contributed by atoms with Gasteiger partial charge in [0.25, 0.3) is 0 Å². The van der Waals surface area contributed by atoms with E-state index in [1.165, 1.54) is 6.07 Å². The molecule has 2 aromatic rings. The maximum atomic E-state index is 14.0. The summed E-state index contributed by atoms with van der Waals surface area (Å²) in [7, 11) is 0. The van der Waals surface area contributed by atoms with Crippen molar-refractivity contribution in [2.45, 2.75) is 6.54 Å². The van der Waals surface area contributed by atoms with Crippen molar-refractivity contribution in [1.82, 2.24) is 9.80 Å². The Morgan fingerprint density at radius 1 is 1.04 bits per heavy atom. The van der Waals surface area contributed by atoms with E-state index in [0.717, 1.165) is 30.8 Å². The number of nitrogens with two attached hydrogens (primary N) is 1. The third-order valence-corrected chi connectivity index (χ3v) is 4.42. The van der Waals surface area contributed by atoms with Gasteiger partial charge in [-0.2, -0.15) is 0 Å². The zero-order valence-electron chi connectivity index (χ0n) is 13.6. The van der Waals surface area contributed by atoms with E-state index < -0.39 is 0 Å². The molecular formula is C19H22FN3O. The molecule has 1 amide bonds. The predicted octanol–water partition coefficient (Wildman–Crippen LogP) is 2.10. The van der Waals surface area contributed by atoms with Gasteiger partial charge in [-0.25, -0.2) is 4.39 Å². The summed E-state index contributed by atoms with van der Waals surface area (Å²) in [6.07, 6.45) is 0. The molecule has 0 spiro atoms. The lowest BCUT2D eigenvalue weighted by atomic mass is 10.0. The molecule has 0 radical (unpaired) electrons. The van der Waals surface area contributed by atoms with E-state index >= 15 is 0 Å². The van der Waals surface area contributed by atoms with Gasteiger partial charge >= 0.3 is 0 Å². The van der Waals surface area contributed by atoms with Crippen molar-refractivity contribution >= 4 is 5.91 Å². The maximum Gasteiger partial charge on any atom is 0.236 e. The van der Waals surface area contributed by atoms with E-state index in [0.29, 0.717) is 18.7 Å². The van der Waals surface area contributed by atoms with E-state index in [2.05, 4.69) is 11.0 Å².